The van der Waals surface area contributed by atoms with Gasteiger partial charge in [0.15, 0.2) is 9.84 Å². The average Bonchev–Trinajstić information content (AvgIpc) is 3.17. The van der Waals surface area contributed by atoms with Crippen LogP contribution in [-0.4, -0.2) is 43.8 Å². The largest absolute Gasteiger partial charge is 0.457 e. The predicted octanol–water partition coefficient (Wildman–Crippen LogP) is 2.87. The standard InChI is InChI=1S/C18H21NO4S/c1-19(15-7-5-9-17(15)24(2,21)22)18(20)11-10-14-12-13-6-3-4-8-16(13)23-14/h3-4,6,8,10-12,15,17H,5,7,9H2,1-2H3. The van der Waals surface area contributed by atoms with Gasteiger partial charge in [-0.2, -0.15) is 0 Å². The van der Waals surface area contributed by atoms with Gasteiger partial charge in [-0.3, -0.25) is 4.79 Å². The van der Waals surface area contributed by atoms with E-state index in [-0.39, 0.29) is 11.9 Å². The smallest absolute Gasteiger partial charge is 0.246 e. The molecule has 2 atom stereocenters. The number of hydrogen-bond acceptors (Lipinski definition) is 4. The Bertz CT molecular complexity index is 848. The van der Waals surface area contributed by atoms with Crippen LogP contribution in [0.15, 0.2) is 40.8 Å². The Kier molecular flexibility index (Phi) is 4.49. The third-order valence-corrected chi connectivity index (χ3v) is 6.30. The van der Waals surface area contributed by atoms with Crippen LogP contribution in [0, 0.1) is 0 Å². The molecule has 1 saturated carbocycles. The molecule has 24 heavy (non-hydrogen) atoms. The first kappa shape index (κ1) is 16.8. The fraction of sp³-hybridized carbons (Fsp3) is 0.389. The summed E-state index contributed by atoms with van der Waals surface area (Å²) in [6.07, 6.45) is 6.48. The number of amides is 1. The zero-order chi connectivity index (χ0) is 17.3. The molecule has 128 valence electrons. The normalized spacial score (nSPS) is 21.6. The van der Waals surface area contributed by atoms with Gasteiger partial charge >= 0.3 is 0 Å². The van der Waals surface area contributed by atoms with Crippen molar-refractivity contribution in [3.8, 4) is 0 Å². The van der Waals surface area contributed by atoms with Crippen LogP contribution < -0.4 is 0 Å². The molecular weight excluding hydrogens is 326 g/mol. The number of benzene rings is 1. The van der Waals surface area contributed by atoms with Crippen LogP contribution in [0.4, 0.5) is 0 Å². The van der Waals surface area contributed by atoms with Crippen molar-refractivity contribution in [3.63, 3.8) is 0 Å². The van der Waals surface area contributed by atoms with E-state index in [4.69, 9.17) is 4.42 Å². The Morgan fingerprint density at radius 3 is 2.75 bits per heavy atom. The summed E-state index contributed by atoms with van der Waals surface area (Å²) in [4.78, 5) is 13.9. The molecule has 2 aromatic rings. The highest BCUT2D eigenvalue weighted by molar-refractivity contribution is 7.91. The number of fused-ring (bicyclic) bond motifs is 1. The molecule has 0 aliphatic heterocycles. The maximum Gasteiger partial charge on any atom is 0.246 e. The molecular formula is C18H21NO4S. The fourth-order valence-corrected chi connectivity index (χ4v) is 4.85. The molecule has 2 unspecified atom stereocenters. The Morgan fingerprint density at radius 2 is 2.04 bits per heavy atom. The van der Waals surface area contributed by atoms with Crippen LogP contribution in [0.1, 0.15) is 25.0 Å². The first-order valence-corrected chi connectivity index (χ1v) is 9.94. The van der Waals surface area contributed by atoms with Gasteiger partial charge in [-0.1, -0.05) is 18.2 Å². The summed E-state index contributed by atoms with van der Waals surface area (Å²) in [5.41, 5.74) is 0.769. The lowest BCUT2D eigenvalue weighted by molar-refractivity contribution is -0.126. The van der Waals surface area contributed by atoms with Crippen LogP contribution in [0.5, 0.6) is 0 Å². The predicted molar refractivity (Wildman–Crippen MR) is 94.3 cm³/mol. The van der Waals surface area contributed by atoms with E-state index in [2.05, 4.69) is 0 Å². The maximum absolute atomic E-state index is 12.4. The summed E-state index contributed by atoms with van der Waals surface area (Å²) in [6.45, 7) is 0. The molecule has 1 heterocycles. The Labute approximate surface area is 141 Å². The second kappa shape index (κ2) is 6.43. The van der Waals surface area contributed by atoms with Crippen LogP contribution in [0.2, 0.25) is 0 Å². The van der Waals surface area contributed by atoms with Crippen molar-refractivity contribution in [2.45, 2.75) is 30.6 Å². The van der Waals surface area contributed by atoms with Gasteiger partial charge in [-0.05, 0) is 37.5 Å². The van der Waals surface area contributed by atoms with Crippen molar-refractivity contribution >= 4 is 32.8 Å². The average molecular weight is 347 g/mol. The third kappa shape index (κ3) is 3.38. The van der Waals surface area contributed by atoms with Crippen molar-refractivity contribution in [2.24, 2.45) is 0 Å². The zero-order valence-electron chi connectivity index (χ0n) is 13.8. The highest BCUT2D eigenvalue weighted by atomic mass is 32.2. The second-order valence-electron chi connectivity index (χ2n) is 6.34. The quantitative estimate of drug-likeness (QED) is 0.798. The number of para-hydroxylation sites is 1. The molecule has 3 rings (SSSR count). The number of hydrogen-bond donors (Lipinski definition) is 0. The van der Waals surface area contributed by atoms with Crippen LogP contribution in [0.3, 0.4) is 0 Å². The van der Waals surface area contributed by atoms with Crippen molar-refractivity contribution in [3.05, 3.63) is 42.2 Å². The molecule has 0 radical (unpaired) electrons. The summed E-state index contributed by atoms with van der Waals surface area (Å²) in [6, 6.07) is 9.25. The van der Waals surface area contributed by atoms with E-state index in [0.717, 1.165) is 23.8 Å². The number of nitrogens with zero attached hydrogens (tertiary/aromatic N) is 1. The highest BCUT2D eigenvalue weighted by Crippen LogP contribution is 2.29. The van der Waals surface area contributed by atoms with Crippen LogP contribution in [-0.2, 0) is 14.6 Å². The van der Waals surface area contributed by atoms with Gasteiger partial charge < -0.3 is 9.32 Å². The number of furan rings is 1. The lowest BCUT2D eigenvalue weighted by Crippen LogP contribution is -2.43. The number of rotatable bonds is 4. The van der Waals surface area contributed by atoms with E-state index in [9.17, 15) is 13.2 Å². The monoisotopic (exact) mass is 347 g/mol. The van der Waals surface area contributed by atoms with Crippen molar-refractivity contribution in [2.75, 3.05) is 13.3 Å². The van der Waals surface area contributed by atoms with E-state index >= 15 is 0 Å². The zero-order valence-corrected chi connectivity index (χ0v) is 14.6. The molecule has 1 aromatic heterocycles. The summed E-state index contributed by atoms with van der Waals surface area (Å²) in [5, 5.41) is 0.511. The number of carbonyl (C=O) groups excluding carboxylic acids is 1. The summed E-state index contributed by atoms with van der Waals surface area (Å²) >= 11 is 0. The van der Waals surface area contributed by atoms with Gasteiger partial charge in [0.25, 0.3) is 0 Å². The van der Waals surface area contributed by atoms with E-state index in [1.807, 2.05) is 30.3 Å². The van der Waals surface area contributed by atoms with E-state index < -0.39 is 15.1 Å². The number of likely N-dealkylation sites (N-methyl/N-ethyl adjacent to an activating group) is 1. The molecule has 5 nitrogen and oxygen atoms in total. The van der Waals surface area contributed by atoms with E-state index in [1.54, 1.807) is 13.1 Å². The van der Waals surface area contributed by atoms with Crippen molar-refractivity contribution < 1.29 is 17.6 Å². The van der Waals surface area contributed by atoms with Crippen molar-refractivity contribution in [1.82, 2.24) is 4.90 Å². The molecule has 1 aliphatic rings. The third-order valence-electron chi connectivity index (χ3n) is 4.65. The van der Waals surface area contributed by atoms with Gasteiger partial charge in [0.05, 0.1) is 5.25 Å². The lowest BCUT2D eigenvalue weighted by atomic mass is 10.2. The van der Waals surface area contributed by atoms with Gasteiger partial charge in [0.1, 0.15) is 11.3 Å². The van der Waals surface area contributed by atoms with Crippen molar-refractivity contribution in [1.29, 1.82) is 0 Å². The molecule has 1 aromatic carbocycles. The Morgan fingerprint density at radius 1 is 1.29 bits per heavy atom. The Hall–Kier alpha value is -2.08. The molecule has 6 heteroatoms. The minimum Gasteiger partial charge on any atom is -0.457 e. The van der Waals surface area contributed by atoms with E-state index in [0.29, 0.717) is 12.2 Å². The first-order valence-electron chi connectivity index (χ1n) is 7.98. The topological polar surface area (TPSA) is 67.6 Å². The summed E-state index contributed by atoms with van der Waals surface area (Å²) in [5.74, 6) is 0.389. The van der Waals surface area contributed by atoms with Gasteiger partial charge in [0, 0.05) is 30.8 Å². The highest BCUT2D eigenvalue weighted by Gasteiger charge is 2.38. The number of carbonyl (C=O) groups is 1. The minimum atomic E-state index is -3.15. The number of sulfone groups is 1. The maximum atomic E-state index is 12.4. The molecule has 1 aliphatic carbocycles. The molecule has 0 spiro atoms. The minimum absolute atomic E-state index is 0.212. The first-order chi connectivity index (χ1) is 11.4. The van der Waals surface area contributed by atoms with Gasteiger partial charge in [0.2, 0.25) is 5.91 Å². The van der Waals surface area contributed by atoms with Crippen LogP contribution >= 0.6 is 0 Å². The molecule has 0 bridgehead atoms. The molecule has 0 N–H and O–H groups in total. The van der Waals surface area contributed by atoms with Crippen LogP contribution in [0.25, 0.3) is 17.0 Å². The van der Waals surface area contributed by atoms with Gasteiger partial charge in [-0.15, -0.1) is 0 Å². The molecule has 1 fully saturated rings. The van der Waals surface area contributed by atoms with E-state index in [1.165, 1.54) is 17.2 Å². The lowest BCUT2D eigenvalue weighted by Gasteiger charge is -2.27. The fourth-order valence-electron chi connectivity index (χ4n) is 3.37. The summed E-state index contributed by atoms with van der Waals surface area (Å²) in [7, 11) is -1.49. The Balaban J connectivity index is 1.74. The second-order valence-corrected chi connectivity index (χ2v) is 8.60. The SMILES string of the molecule is CN(C(=O)C=Cc1cc2ccccc2o1)C1CCCC1S(C)(=O)=O. The molecule has 0 saturated heterocycles. The van der Waals surface area contributed by atoms with Gasteiger partial charge in [-0.25, -0.2) is 8.42 Å². The summed E-state index contributed by atoms with van der Waals surface area (Å²) < 4.78 is 29.4. The molecule has 1 amide bonds.